The van der Waals surface area contributed by atoms with Crippen molar-refractivity contribution in [3.63, 3.8) is 0 Å². The minimum Gasteiger partial charge on any atom is -0.389 e. The van der Waals surface area contributed by atoms with Gasteiger partial charge in [0.25, 0.3) is 0 Å². The fourth-order valence-electron chi connectivity index (χ4n) is 2.78. The third-order valence-electron chi connectivity index (χ3n) is 4.02. The highest BCUT2D eigenvalue weighted by atomic mass is 32.1. The summed E-state index contributed by atoms with van der Waals surface area (Å²) < 4.78 is 5.50. The SMILES string of the molecule is COC1CCCC(N(C)c2cccc(C(N)=S)c2)C1. The van der Waals surface area contributed by atoms with Crippen LogP contribution < -0.4 is 10.6 Å². The predicted molar refractivity (Wildman–Crippen MR) is 83.8 cm³/mol. The van der Waals surface area contributed by atoms with E-state index in [9.17, 15) is 0 Å². The largest absolute Gasteiger partial charge is 0.389 e. The Hall–Kier alpha value is -1.13. The van der Waals surface area contributed by atoms with Gasteiger partial charge in [0.2, 0.25) is 0 Å². The Morgan fingerprint density at radius 1 is 1.42 bits per heavy atom. The predicted octanol–water partition coefficient (Wildman–Crippen LogP) is 2.71. The van der Waals surface area contributed by atoms with Crippen molar-refractivity contribution in [2.75, 3.05) is 19.1 Å². The third kappa shape index (κ3) is 3.45. The fourth-order valence-corrected chi connectivity index (χ4v) is 2.90. The number of thiocarbonyl (C=S) groups is 1. The van der Waals surface area contributed by atoms with Crippen LogP contribution >= 0.6 is 12.2 Å². The molecule has 2 rings (SSSR count). The van der Waals surface area contributed by atoms with Gasteiger partial charge in [-0.15, -0.1) is 0 Å². The van der Waals surface area contributed by atoms with E-state index in [2.05, 4.69) is 24.1 Å². The van der Waals surface area contributed by atoms with Crippen molar-refractivity contribution in [1.82, 2.24) is 0 Å². The van der Waals surface area contributed by atoms with Crippen LogP contribution in [0.25, 0.3) is 0 Å². The molecule has 104 valence electrons. The molecule has 0 saturated heterocycles. The van der Waals surface area contributed by atoms with Gasteiger partial charge in [0, 0.05) is 31.5 Å². The molecule has 4 heteroatoms. The van der Waals surface area contributed by atoms with Crippen molar-refractivity contribution in [2.24, 2.45) is 5.73 Å². The average molecular weight is 278 g/mol. The number of hydrogen-bond donors (Lipinski definition) is 1. The summed E-state index contributed by atoms with van der Waals surface area (Å²) in [5, 5.41) is 0. The Morgan fingerprint density at radius 2 is 2.21 bits per heavy atom. The molecule has 1 saturated carbocycles. The zero-order valence-corrected chi connectivity index (χ0v) is 12.5. The molecule has 0 amide bonds. The van der Waals surface area contributed by atoms with Gasteiger partial charge in [0.05, 0.1) is 6.10 Å². The molecule has 1 fully saturated rings. The zero-order valence-electron chi connectivity index (χ0n) is 11.6. The van der Waals surface area contributed by atoms with Crippen LogP contribution in [0.15, 0.2) is 24.3 Å². The quantitative estimate of drug-likeness (QED) is 0.860. The number of hydrogen-bond acceptors (Lipinski definition) is 3. The monoisotopic (exact) mass is 278 g/mol. The van der Waals surface area contributed by atoms with Gasteiger partial charge in [0.1, 0.15) is 4.99 Å². The number of nitrogens with zero attached hydrogens (tertiary/aromatic N) is 1. The Labute approximate surface area is 120 Å². The summed E-state index contributed by atoms with van der Waals surface area (Å²) in [7, 11) is 3.95. The van der Waals surface area contributed by atoms with Crippen LogP contribution in [0.4, 0.5) is 5.69 Å². The first kappa shape index (κ1) is 14.3. The van der Waals surface area contributed by atoms with Crippen molar-refractivity contribution in [3.05, 3.63) is 29.8 Å². The normalized spacial score (nSPS) is 23.1. The summed E-state index contributed by atoms with van der Waals surface area (Å²) >= 11 is 5.04. The first-order valence-electron chi connectivity index (χ1n) is 6.77. The third-order valence-corrected chi connectivity index (χ3v) is 4.25. The van der Waals surface area contributed by atoms with Crippen LogP contribution in [0.1, 0.15) is 31.2 Å². The second-order valence-corrected chi connectivity index (χ2v) is 5.64. The maximum Gasteiger partial charge on any atom is 0.104 e. The van der Waals surface area contributed by atoms with Gasteiger partial charge in [-0.2, -0.15) is 0 Å². The van der Waals surface area contributed by atoms with E-state index in [1.54, 1.807) is 7.11 Å². The van der Waals surface area contributed by atoms with Gasteiger partial charge in [0.15, 0.2) is 0 Å². The number of rotatable bonds is 4. The summed E-state index contributed by atoms with van der Waals surface area (Å²) in [6, 6.07) is 8.67. The second kappa shape index (κ2) is 6.35. The molecule has 1 aliphatic rings. The number of nitrogens with two attached hydrogens (primary N) is 1. The first-order valence-corrected chi connectivity index (χ1v) is 7.18. The number of ether oxygens (including phenoxy) is 1. The molecule has 0 radical (unpaired) electrons. The molecule has 0 spiro atoms. The minimum atomic E-state index is 0.389. The summed E-state index contributed by atoms with van der Waals surface area (Å²) in [5.41, 5.74) is 7.80. The summed E-state index contributed by atoms with van der Waals surface area (Å²) in [6.07, 6.45) is 5.09. The maximum absolute atomic E-state index is 5.70. The highest BCUT2D eigenvalue weighted by Crippen LogP contribution is 2.28. The van der Waals surface area contributed by atoms with Crippen LogP contribution in [-0.2, 0) is 4.74 Å². The van der Waals surface area contributed by atoms with Crippen LogP contribution in [0.3, 0.4) is 0 Å². The fraction of sp³-hybridized carbons (Fsp3) is 0.533. The van der Waals surface area contributed by atoms with Crippen molar-refractivity contribution in [3.8, 4) is 0 Å². The van der Waals surface area contributed by atoms with E-state index in [1.165, 1.54) is 24.9 Å². The molecule has 1 aromatic carbocycles. The molecule has 2 atom stereocenters. The van der Waals surface area contributed by atoms with Gasteiger partial charge < -0.3 is 15.4 Å². The molecule has 1 aromatic rings. The van der Waals surface area contributed by atoms with E-state index in [1.807, 2.05) is 12.1 Å². The van der Waals surface area contributed by atoms with Crippen LogP contribution in [-0.4, -0.2) is 31.3 Å². The van der Waals surface area contributed by atoms with Gasteiger partial charge in [-0.1, -0.05) is 24.4 Å². The van der Waals surface area contributed by atoms with Crippen molar-refractivity contribution >= 4 is 22.9 Å². The van der Waals surface area contributed by atoms with E-state index in [0.717, 1.165) is 12.0 Å². The van der Waals surface area contributed by atoms with Gasteiger partial charge in [-0.05, 0) is 37.8 Å². The highest BCUT2D eigenvalue weighted by molar-refractivity contribution is 7.80. The minimum absolute atomic E-state index is 0.389. The smallest absolute Gasteiger partial charge is 0.104 e. The Morgan fingerprint density at radius 3 is 2.89 bits per heavy atom. The van der Waals surface area contributed by atoms with Crippen molar-refractivity contribution in [2.45, 2.75) is 37.8 Å². The number of anilines is 1. The molecule has 2 unspecified atom stereocenters. The van der Waals surface area contributed by atoms with Crippen LogP contribution in [0.2, 0.25) is 0 Å². The van der Waals surface area contributed by atoms with E-state index in [0.29, 0.717) is 17.1 Å². The molecule has 1 aliphatic carbocycles. The first-order chi connectivity index (χ1) is 9.11. The molecule has 2 N–H and O–H groups in total. The Bertz CT molecular complexity index is 450. The van der Waals surface area contributed by atoms with Gasteiger partial charge in [-0.25, -0.2) is 0 Å². The second-order valence-electron chi connectivity index (χ2n) is 5.20. The van der Waals surface area contributed by atoms with Crippen LogP contribution in [0.5, 0.6) is 0 Å². The summed E-state index contributed by atoms with van der Waals surface area (Å²) in [4.78, 5) is 2.78. The molecule has 3 nitrogen and oxygen atoms in total. The highest BCUT2D eigenvalue weighted by Gasteiger charge is 2.25. The van der Waals surface area contributed by atoms with E-state index in [-0.39, 0.29) is 0 Å². The van der Waals surface area contributed by atoms with Crippen molar-refractivity contribution in [1.29, 1.82) is 0 Å². The molecule has 0 aliphatic heterocycles. The van der Waals surface area contributed by atoms with Crippen LogP contribution in [0, 0.1) is 0 Å². The van der Waals surface area contributed by atoms with E-state index < -0.39 is 0 Å². The molecule has 19 heavy (non-hydrogen) atoms. The molecular weight excluding hydrogens is 256 g/mol. The van der Waals surface area contributed by atoms with E-state index >= 15 is 0 Å². The lowest BCUT2D eigenvalue weighted by molar-refractivity contribution is 0.0637. The Balaban J connectivity index is 2.12. The van der Waals surface area contributed by atoms with Gasteiger partial charge >= 0.3 is 0 Å². The summed E-state index contributed by atoms with van der Waals surface area (Å²) in [6.45, 7) is 0. The number of methoxy groups -OCH3 is 1. The van der Waals surface area contributed by atoms with Crippen molar-refractivity contribution < 1.29 is 4.74 Å². The lowest BCUT2D eigenvalue weighted by Crippen LogP contribution is -2.38. The lowest BCUT2D eigenvalue weighted by Gasteiger charge is -2.36. The topological polar surface area (TPSA) is 38.5 Å². The van der Waals surface area contributed by atoms with E-state index in [4.69, 9.17) is 22.7 Å². The Kier molecular flexibility index (Phi) is 4.77. The molecule has 0 aromatic heterocycles. The summed E-state index contributed by atoms with van der Waals surface area (Å²) in [5.74, 6) is 0. The average Bonchev–Trinajstić information content (AvgIpc) is 2.46. The number of benzene rings is 1. The maximum atomic E-state index is 5.70. The lowest BCUT2D eigenvalue weighted by atomic mass is 9.91. The zero-order chi connectivity index (χ0) is 13.8. The molecule has 0 bridgehead atoms. The molecule has 0 heterocycles. The van der Waals surface area contributed by atoms with Gasteiger partial charge in [-0.3, -0.25) is 0 Å². The molecular formula is C15H22N2OS. The standard InChI is InChI=1S/C15H22N2OS/c1-17(13-7-4-8-14(10-13)18-2)12-6-3-5-11(9-12)15(16)19/h3,5-6,9,13-14H,4,7-8,10H2,1-2H3,(H2,16,19).